The monoisotopic (exact) mass is 144 g/mol. The summed E-state index contributed by atoms with van der Waals surface area (Å²) in [6, 6.07) is -0.352. The first-order chi connectivity index (χ1) is 4.70. The number of ether oxygens (including phenoxy) is 1. The van der Waals surface area contributed by atoms with Crippen LogP contribution in [0.3, 0.4) is 0 Å². The van der Waals surface area contributed by atoms with Crippen LogP contribution in [0, 0.1) is 0 Å². The Morgan fingerprint density at radius 1 is 1.80 bits per heavy atom. The molecule has 1 rings (SSSR count). The largest absolute Gasteiger partial charge is 0.375 e. The van der Waals surface area contributed by atoms with Crippen LogP contribution < -0.4 is 5.73 Å². The molecule has 0 spiro atoms. The van der Waals surface area contributed by atoms with Gasteiger partial charge in [0.05, 0.1) is 12.7 Å². The molecule has 58 valence electrons. The van der Waals surface area contributed by atoms with E-state index in [0.717, 1.165) is 0 Å². The lowest BCUT2D eigenvalue weighted by Gasteiger charge is -2.29. The Hall–Kier alpha value is -0.770. The Kier molecular flexibility index (Phi) is 2.11. The SMILES string of the molecule is C[C@H]1CN(C(N)=O)CCO1. The lowest BCUT2D eigenvalue weighted by atomic mass is 10.3. The van der Waals surface area contributed by atoms with Gasteiger partial charge in [0.1, 0.15) is 0 Å². The molecule has 0 saturated carbocycles. The number of hydrogen-bond donors (Lipinski definition) is 1. The van der Waals surface area contributed by atoms with Gasteiger partial charge in [0, 0.05) is 13.1 Å². The van der Waals surface area contributed by atoms with Gasteiger partial charge >= 0.3 is 6.03 Å². The molecule has 0 aromatic heterocycles. The van der Waals surface area contributed by atoms with Gasteiger partial charge in [0.2, 0.25) is 0 Å². The zero-order valence-corrected chi connectivity index (χ0v) is 6.04. The topological polar surface area (TPSA) is 55.6 Å². The number of morpholine rings is 1. The molecule has 1 saturated heterocycles. The summed E-state index contributed by atoms with van der Waals surface area (Å²) in [6.07, 6.45) is 0.126. The maximum absolute atomic E-state index is 10.6. The van der Waals surface area contributed by atoms with Crippen LogP contribution in [0.25, 0.3) is 0 Å². The van der Waals surface area contributed by atoms with E-state index in [1.54, 1.807) is 4.90 Å². The average molecular weight is 144 g/mol. The first-order valence-electron chi connectivity index (χ1n) is 3.36. The maximum Gasteiger partial charge on any atom is 0.314 e. The smallest absolute Gasteiger partial charge is 0.314 e. The third-order valence-corrected chi connectivity index (χ3v) is 1.55. The lowest BCUT2D eigenvalue weighted by molar-refractivity contribution is -0.00209. The van der Waals surface area contributed by atoms with Crippen molar-refractivity contribution in [1.29, 1.82) is 0 Å². The van der Waals surface area contributed by atoms with Crippen molar-refractivity contribution < 1.29 is 9.53 Å². The van der Waals surface area contributed by atoms with Gasteiger partial charge < -0.3 is 15.4 Å². The fraction of sp³-hybridized carbons (Fsp3) is 0.833. The van der Waals surface area contributed by atoms with Gasteiger partial charge in [-0.3, -0.25) is 0 Å². The van der Waals surface area contributed by atoms with E-state index in [1.165, 1.54) is 0 Å². The van der Waals surface area contributed by atoms with Crippen molar-refractivity contribution in [3.63, 3.8) is 0 Å². The molecule has 4 heteroatoms. The maximum atomic E-state index is 10.6. The highest BCUT2D eigenvalue weighted by molar-refractivity contribution is 5.72. The minimum Gasteiger partial charge on any atom is -0.375 e. The van der Waals surface area contributed by atoms with E-state index in [4.69, 9.17) is 10.5 Å². The summed E-state index contributed by atoms with van der Waals surface area (Å²) in [5.74, 6) is 0. The number of carbonyl (C=O) groups is 1. The van der Waals surface area contributed by atoms with Gasteiger partial charge in [-0.15, -0.1) is 0 Å². The molecular formula is C6H12N2O2. The van der Waals surface area contributed by atoms with Crippen LogP contribution in [0.2, 0.25) is 0 Å². The fourth-order valence-electron chi connectivity index (χ4n) is 1.02. The Labute approximate surface area is 59.9 Å². The van der Waals surface area contributed by atoms with Crippen LogP contribution in [-0.2, 0) is 4.74 Å². The van der Waals surface area contributed by atoms with Crippen LogP contribution in [0.1, 0.15) is 6.92 Å². The molecule has 0 bridgehead atoms. The van der Waals surface area contributed by atoms with E-state index in [9.17, 15) is 4.79 Å². The molecule has 0 radical (unpaired) electrons. The van der Waals surface area contributed by atoms with E-state index in [1.807, 2.05) is 6.92 Å². The molecule has 4 nitrogen and oxygen atoms in total. The number of amides is 2. The summed E-state index contributed by atoms with van der Waals surface area (Å²) in [5.41, 5.74) is 5.06. The first kappa shape index (κ1) is 7.34. The van der Waals surface area contributed by atoms with E-state index in [2.05, 4.69) is 0 Å². The summed E-state index contributed by atoms with van der Waals surface area (Å²) in [7, 11) is 0. The third kappa shape index (κ3) is 1.60. The number of primary amides is 1. The molecule has 10 heavy (non-hydrogen) atoms. The second kappa shape index (κ2) is 2.88. The van der Waals surface area contributed by atoms with Crippen molar-refractivity contribution in [2.45, 2.75) is 13.0 Å². The molecule has 0 aromatic carbocycles. The molecule has 1 fully saturated rings. The number of urea groups is 1. The quantitative estimate of drug-likeness (QED) is 0.511. The highest BCUT2D eigenvalue weighted by atomic mass is 16.5. The molecule has 0 unspecified atom stereocenters. The number of rotatable bonds is 0. The van der Waals surface area contributed by atoms with E-state index in [0.29, 0.717) is 19.7 Å². The number of hydrogen-bond acceptors (Lipinski definition) is 2. The van der Waals surface area contributed by atoms with Crippen molar-refractivity contribution in [3.8, 4) is 0 Å². The zero-order valence-electron chi connectivity index (χ0n) is 6.04. The van der Waals surface area contributed by atoms with Crippen molar-refractivity contribution >= 4 is 6.03 Å². The Morgan fingerprint density at radius 2 is 2.50 bits per heavy atom. The molecular weight excluding hydrogens is 132 g/mol. The number of nitrogens with two attached hydrogens (primary N) is 1. The van der Waals surface area contributed by atoms with Gasteiger partial charge in [0.25, 0.3) is 0 Å². The van der Waals surface area contributed by atoms with E-state index >= 15 is 0 Å². The highest BCUT2D eigenvalue weighted by Gasteiger charge is 2.18. The summed E-state index contributed by atoms with van der Waals surface area (Å²) in [5, 5.41) is 0. The van der Waals surface area contributed by atoms with Crippen LogP contribution in [-0.4, -0.2) is 36.7 Å². The van der Waals surface area contributed by atoms with Crippen molar-refractivity contribution in [3.05, 3.63) is 0 Å². The van der Waals surface area contributed by atoms with Crippen molar-refractivity contribution in [1.82, 2.24) is 4.90 Å². The standard InChI is InChI=1S/C6H12N2O2/c1-5-4-8(6(7)9)2-3-10-5/h5H,2-4H2,1H3,(H2,7,9)/t5-/m0/s1. The summed E-state index contributed by atoms with van der Waals surface area (Å²) in [4.78, 5) is 12.2. The van der Waals surface area contributed by atoms with Crippen LogP contribution in [0.15, 0.2) is 0 Å². The van der Waals surface area contributed by atoms with Gasteiger partial charge in [-0.05, 0) is 6.92 Å². The molecule has 0 aromatic rings. The Bertz CT molecular complexity index is 138. The second-order valence-corrected chi connectivity index (χ2v) is 2.47. The number of carbonyl (C=O) groups excluding carboxylic acids is 1. The minimum atomic E-state index is -0.352. The van der Waals surface area contributed by atoms with Crippen LogP contribution in [0.4, 0.5) is 4.79 Å². The molecule has 2 N–H and O–H groups in total. The zero-order chi connectivity index (χ0) is 7.56. The lowest BCUT2D eigenvalue weighted by Crippen LogP contribution is -2.46. The normalized spacial score (nSPS) is 26.5. The van der Waals surface area contributed by atoms with Gasteiger partial charge in [-0.25, -0.2) is 4.79 Å². The van der Waals surface area contributed by atoms with E-state index < -0.39 is 0 Å². The van der Waals surface area contributed by atoms with Crippen LogP contribution in [0.5, 0.6) is 0 Å². The van der Waals surface area contributed by atoms with Gasteiger partial charge in [-0.2, -0.15) is 0 Å². The number of nitrogens with zero attached hydrogens (tertiary/aromatic N) is 1. The highest BCUT2D eigenvalue weighted by Crippen LogP contribution is 2.02. The first-order valence-corrected chi connectivity index (χ1v) is 3.36. The summed E-state index contributed by atoms with van der Waals surface area (Å²) >= 11 is 0. The fourth-order valence-corrected chi connectivity index (χ4v) is 1.02. The van der Waals surface area contributed by atoms with Crippen molar-refractivity contribution in [2.24, 2.45) is 5.73 Å². The van der Waals surface area contributed by atoms with Gasteiger partial charge in [0.15, 0.2) is 0 Å². The van der Waals surface area contributed by atoms with Crippen molar-refractivity contribution in [2.75, 3.05) is 19.7 Å². The predicted octanol–water partition coefficient (Wildman–Crippen LogP) is -0.214. The Morgan fingerprint density at radius 3 is 2.90 bits per heavy atom. The predicted molar refractivity (Wildman–Crippen MR) is 36.6 cm³/mol. The second-order valence-electron chi connectivity index (χ2n) is 2.47. The molecule has 1 heterocycles. The van der Waals surface area contributed by atoms with E-state index in [-0.39, 0.29) is 12.1 Å². The molecule has 0 aliphatic carbocycles. The summed E-state index contributed by atoms with van der Waals surface area (Å²) in [6.45, 7) is 3.77. The minimum absolute atomic E-state index is 0.126. The Balaban J connectivity index is 2.39. The third-order valence-electron chi connectivity index (χ3n) is 1.55. The molecule has 2 amide bonds. The van der Waals surface area contributed by atoms with Gasteiger partial charge in [-0.1, -0.05) is 0 Å². The summed E-state index contributed by atoms with van der Waals surface area (Å²) < 4.78 is 5.21. The average Bonchev–Trinajstić information content (AvgIpc) is 1.88. The molecule has 1 aliphatic rings. The molecule has 1 aliphatic heterocycles. The molecule has 1 atom stereocenters. The van der Waals surface area contributed by atoms with Crippen LogP contribution >= 0.6 is 0 Å².